The fraction of sp³-hybridized carbons (Fsp3) is 0.269. The number of likely N-dealkylation sites (N-methyl/N-ethyl adjacent to an activating group) is 1. The van der Waals surface area contributed by atoms with Gasteiger partial charge >= 0.3 is 0 Å². The Hall–Kier alpha value is -3.35. The first kappa shape index (κ1) is 21.9. The Balaban J connectivity index is 1.83. The summed E-state index contributed by atoms with van der Waals surface area (Å²) in [5.74, 6) is 1.53. The number of nitrogens with two attached hydrogens (primary N) is 1. The zero-order valence-electron chi connectivity index (χ0n) is 18.7. The van der Waals surface area contributed by atoms with Crippen LogP contribution in [0, 0.1) is 0 Å². The molecule has 166 valence electrons. The van der Waals surface area contributed by atoms with Crippen LogP contribution in [-0.4, -0.2) is 48.3 Å². The van der Waals surface area contributed by atoms with Crippen LogP contribution in [0.3, 0.4) is 0 Å². The Morgan fingerprint density at radius 2 is 1.78 bits per heavy atom. The number of aromatic nitrogens is 1. The lowest BCUT2D eigenvalue weighted by atomic mass is 9.94. The first-order valence-corrected chi connectivity index (χ1v) is 10.8. The van der Waals surface area contributed by atoms with E-state index in [1.807, 2.05) is 68.7 Å². The van der Waals surface area contributed by atoms with Gasteiger partial charge in [-0.15, -0.1) is 0 Å². The molecule has 0 spiro atoms. The quantitative estimate of drug-likeness (QED) is 0.424. The van der Waals surface area contributed by atoms with E-state index in [2.05, 4.69) is 9.88 Å². The molecule has 4 aromatic rings. The van der Waals surface area contributed by atoms with Gasteiger partial charge in [0.25, 0.3) is 0 Å². The number of aliphatic hydroxyl groups excluding tert-OH is 1. The number of hydrogen-bond donors (Lipinski definition) is 2. The third-order valence-corrected chi connectivity index (χ3v) is 5.35. The number of furan rings is 1. The fourth-order valence-corrected chi connectivity index (χ4v) is 3.79. The highest BCUT2D eigenvalue weighted by Crippen LogP contribution is 2.43. The Morgan fingerprint density at radius 3 is 2.44 bits per heavy atom. The lowest BCUT2D eigenvalue weighted by molar-refractivity contribution is 0.196. The van der Waals surface area contributed by atoms with E-state index in [1.165, 1.54) is 0 Å². The van der Waals surface area contributed by atoms with Crippen LogP contribution in [0.15, 0.2) is 65.2 Å². The molecule has 6 heteroatoms. The van der Waals surface area contributed by atoms with Crippen LogP contribution in [0.5, 0.6) is 5.75 Å². The number of hydrogen-bond acceptors (Lipinski definition) is 6. The number of benzene rings is 2. The number of ether oxygens (including phenoxy) is 1. The molecule has 0 saturated carbocycles. The van der Waals surface area contributed by atoms with E-state index >= 15 is 0 Å². The van der Waals surface area contributed by atoms with E-state index in [0.29, 0.717) is 24.4 Å². The molecule has 2 aromatic heterocycles. The number of nitrogens with zero attached hydrogens (tertiary/aromatic N) is 2. The summed E-state index contributed by atoms with van der Waals surface area (Å²) in [5, 5.41) is 10.9. The molecular formula is C26H29N3O3. The summed E-state index contributed by atoms with van der Waals surface area (Å²) in [6.07, 6.45) is 1.48. The topological polar surface area (TPSA) is 84.8 Å². The molecule has 0 bridgehead atoms. The van der Waals surface area contributed by atoms with Crippen molar-refractivity contribution in [1.82, 2.24) is 9.88 Å². The van der Waals surface area contributed by atoms with Gasteiger partial charge in [-0.25, -0.2) is 4.98 Å². The molecule has 0 saturated heterocycles. The van der Waals surface area contributed by atoms with E-state index in [4.69, 9.17) is 14.9 Å². The second-order valence-corrected chi connectivity index (χ2v) is 8.27. The SMILES string of the molecule is C[C@H](O)Cc1c(N)cnc2oc(-c3ccc(OCCN(C)C)cc3)c(-c3ccccc3)c12. The van der Waals surface area contributed by atoms with Crippen molar-refractivity contribution in [3.05, 3.63) is 66.4 Å². The summed E-state index contributed by atoms with van der Waals surface area (Å²) in [4.78, 5) is 6.53. The molecule has 0 radical (unpaired) electrons. The number of fused-ring (bicyclic) bond motifs is 1. The van der Waals surface area contributed by atoms with Crippen LogP contribution >= 0.6 is 0 Å². The van der Waals surface area contributed by atoms with Crippen molar-refractivity contribution in [3.8, 4) is 28.2 Å². The Kier molecular flexibility index (Phi) is 6.44. The van der Waals surface area contributed by atoms with Gasteiger partial charge in [-0.3, -0.25) is 0 Å². The summed E-state index contributed by atoms with van der Waals surface area (Å²) in [6.45, 7) is 3.23. The summed E-state index contributed by atoms with van der Waals surface area (Å²) in [7, 11) is 4.04. The summed E-state index contributed by atoms with van der Waals surface area (Å²) >= 11 is 0. The van der Waals surface area contributed by atoms with Crippen LogP contribution < -0.4 is 10.5 Å². The normalized spacial score (nSPS) is 12.4. The van der Waals surface area contributed by atoms with E-state index in [1.54, 1.807) is 13.1 Å². The molecule has 32 heavy (non-hydrogen) atoms. The van der Waals surface area contributed by atoms with Crippen molar-refractivity contribution in [3.63, 3.8) is 0 Å². The van der Waals surface area contributed by atoms with Crippen molar-refractivity contribution < 1.29 is 14.3 Å². The fourth-order valence-electron chi connectivity index (χ4n) is 3.79. The number of rotatable bonds is 8. The Labute approximate surface area is 188 Å². The van der Waals surface area contributed by atoms with Crippen LogP contribution in [-0.2, 0) is 6.42 Å². The van der Waals surface area contributed by atoms with E-state index in [0.717, 1.165) is 45.7 Å². The van der Waals surface area contributed by atoms with Crippen molar-refractivity contribution in [2.45, 2.75) is 19.4 Å². The van der Waals surface area contributed by atoms with Crippen molar-refractivity contribution in [2.75, 3.05) is 33.0 Å². The van der Waals surface area contributed by atoms with Gasteiger partial charge in [0.2, 0.25) is 5.71 Å². The molecule has 2 heterocycles. The zero-order valence-corrected chi connectivity index (χ0v) is 18.7. The van der Waals surface area contributed by atoms with E-state index in [-0.39, 0.29) is 0 Å². The van der Waals surface area contributed by atoms with Crippen LogP contribution in [0.1, 0.15) is 12.5 Å². The largest absolute Gasteiger partial charge is 0.492 e. The maximum absolute atomic E-state index is 10.1. The maximum atomic E-state index is 10.1. The van der Waals surface area contributed by atoms with Crippen molar-refractivity contribution in [2.24, 2.45) is 0 Å². The summed E-state index contributed by atoms with van der Waals surface area (Å²) in [6, 6.07) is 17.9. The van der Waals surface area contributed by atoms with Gasteiger partial charge in [0.1, 0.15) is 18.1 Å². The third-order valence-electron chi connectivity index (χ3n) is 5.35. The molecule has 0 aliphatic carbocycles. The minimum absolute atomic E-state index is 0.419. The molecule has 6 nitrogen and oxygen atoms in total. The molecule has 4 rings (SSSR count). The molecule has 0 amide bonds. The van der Waals surface area contributed by atoms with E-state index < -0.39 is 6.10 Å². The zero-order chi connectivity index (χ0) is 22.7. The minimum Gasteiger partial charge on any atom is -0.492 e. The number of pyridine rings is 1. The lowest BCUT2D eigenvalue weighted by Crippen LogP contribution is -2.19. The summed E-state index contributed by atoms with van der Waals surface area (Å²) < 4.78 is 12.1. The van der Waals surface area contributed by atoms with Crippen molar-refractivity contribution in [1.29, 1.82) is 0 Å². The van der Waals surface area contributed by atoms with Gasteiger partial charge in [0, 0.05) is 24.1 Å². The van der Waals surface area contributed by atoms with Crippen LogP contribution in [0.2, 0.25) is 0 Å². The first-order valence-electron chi connectivity index (χ1n) is 10.8. The monoisotopic (exact) mass is 431 g/mol. The van der Waals surface area contributed by atoms with Gasteiger partial charge in [-0.2, -0.15) is 0 Å². The van der Waals surface area contributed by atoms with Crippen LogP contribution in [0.4, 0.5) is 5.69 Å². The second kappa shape index (κ2) is 9.42. The highest BCUT2D eigenvalue weighted by atomic mass is 16.5. The van der Waals surface area contributed by atoms with Gasteiger partial charge in [0.05, 0.1) is 23.4 Å². The molecule has 0 aliphatic heterocycles. The molecule has 0 aliphatic rings. The van der Waals surface area contributed by atoms with Gasteiger partial charge < -0.3 is 24.9 Å². The standard InChI is InChI=1S/C26H29N3O3/c1-17(30)15-21-22(27)16-28-26-24(21)23(18-7-5-4-6-8-18)25(32-26)19-9-11-20(12-10-19)31-14-13-29(2)3/h4-12,16-17,30H,13-15,27H2,1-3H3/t17-/m0/s1. The van der Waals surface area contributed by atoms with Gasteiger partial charge in [-0.1, -0.05) is 30.3 Å². The predicted molar refractivity (Wildman–Crippen MR) is 129 cm³/mol. The predicted octanol–water partition coefficient (Wildman–Crippen LogP) is 4.61. The summed E-state index contributed by atoms with van der Waals surface area (Å²) in [5.41, 5.74) is 11.0. The molecule has 1 atom stereocenters. The van der Waals surface area contributed by atoms with Crippen LogP contribution in [0.25, 0.3) is 33.6 Å². The molecule has 0 fully saturated rings. The van der Waals surface area contributed by atoms with E-state index in [9.17, 15) is 5.11 Å². The Morgan fingerprint density at radius 1 is 1.06 bits per heavy atom. The average molecular weight is 432 g/mol. The highest BCUT2D eigenvalue weighted by Gasteiger charge is 2.23. The van der Waals surface area contributed by atoms with Crippen molar-refractivity contribution >= 4 is 16.8 Å². The van der Waals surface area contributed by atoms with Gasteiger partial charge in [0.15, 0.2) is 0 Å². The molecular weight excluding hydrogens is 402 g/mol. The highest BCUT2D eigenvalue weighted by molar-refractivity contribution is 6.03. The first-order chi connectivity index (χ1) is 15.4. The van der Waals surface area contributed by atoms with Gasteiger partial charge in [-0.05, 0) is 56.4 Å². The molecule has 0 unspecified atom stereocenters. The molecule has 2 aromatic carbocycles. The number of aliphatic hydroxyl groups is 1. The third kappa shape index (κ3) is 4.61. The number of nitrogen functional groups attached to an aromatic ring is 1. The second-order valence-electron chi connectivity index (χ2n) is 8.27. The minimum atomic E-state index is -0.538. The maximum Gasteiger partial charge on any atom is 0.227 e. The molecule has 3 N–H and O–H groups in total. The number of anilines is 1. The average Bonchev–Trinajstić information content (AvgIpc) is 3.16. The lowest BCUT2D eigenvalue weighted by Gasteiger charge is -2.12. The smallest absolute Gasteiger partial charge is 0.227 e. The Bertz CT molecular complexity index is 1180.